The van der Waals surface area contributed by atoms with Gasteiger partial charge in [0, 0.05) is 36.4 Å². The summed E-state index contributed by atoms with van der Waals surface area (Å²) >= 11 is 0. The van der Waals surface area contributed by atoms with Crippen LogP contribution in [0.15, 0.2) is 67.1 Å². The number of benzene rings is 2. The van der Waals surface area contributed by atoms with Crippen LogP contribution in [0.4, 0.5) is 10.3 Å². The third-order valence-electron chi connectivity index (χ3n) is 6.77. The number of anilines is 1. The molecule has 1 unspecified atom stereocenters. The van der Waals surface area contributed by atoms with E-state index < -0.39 is 7.82 Å². The molecule has 0 saturated heterocycles. The lowest BCUT2D eigenvalue weighted by atomic mass is 10.1. The lowest BCUT2D eigenvalue weighted by molar-refractivity contribution is 0.114. The van der Waals surface area contributed by atoms with E-state index in [1.54, 1.807) is 42.9 Å². The Hall–Kier alpha value is -4.53. The highest BCUT2D eigenvalue weighted by molar-refractivity contribution is 7.47. The molecule has 4 heterocycles. The number of phosphoric ester groups is 1. The van der Waals surface area contributed by atoms with Crippen LogP contribution in [-0.2, 0) is 33.4 Å². The van der Waals surface area contributed by atoms with E-state index in [1.165, 1.54) is 10.7 Å². The van der Waals surface area contributed by atoms with Gasteiger partial charge in [-0.05, 0) is 65.9 Å². The Bertz CT molecular complexity index is 1900. The van der Waals surface area contributed by atoms with Gasteiger partial charge in [-0.15, -0.1) is 0 Å². The van der Waals surface area contributed by atoms with Crippen molar-refractivity contribution in [3.05, 3.63) is 95.3 Å². The number of phosphoric acid groups is 1. The molecule has 0 fully saturated rings. The third-order valence-corrected chi connectivity index (χ3v) is 7.72. The van der Waals surface area contributed by atoms with Gasteiger partial charge in [-0.25, -0.2) is 33.6 Å². The molecule has 0 spiro atoms. The average Bonchev–Trinajstić information content (AvgIpc) is 3.63. The molecule has 43 heavy (non-hydrogen) atoms. The summed E-state index contributed by atoms with van der Waals surface area (Å²) in [6, 6.07) is 13.8. The molecule has 218 valence electrons. The van der Waals surface area contributed by atoms with Crippen molar-refractivity contribution in [3.63, 3.8) is 0 Å². The number of unbranched alkanes of at least 4 members (excludes halogenated alkanes) is 1. The zero-order valence-electron chi connectivity index (χ0n) is 23.2. The van der Waals surface area contributed by atoms with Crippen molar-refractivity contribution in [2.45, 2.75) is 39.6 Å². The summed E-state index contributed by atoms with van der Waals surface area (Å²) in [5, 5.41) is 5.04. The highest BCUT2D eigenvalue weighted by atomic mass is 31.2. The molecule has 3 aromatic heterocycles. The van der Waals surface area contributed by atoms with Gasteiger partial charge in [-0.2, -0.15) is 5.10 Å². The fourth-order valence-corrected chi connectivity index (χ4v) is 5.26. The highest BCUT2D eigenvalue weighted by Crippen LogP contribution is 2.43. The average molecular weight is 600 g/mol. The lowest BCUT2D eigenvalue weighted by Crippen LogP contribution is -2.17. The van der Waals surface area contributed by atoms with E-state index in [4.69, 9.17) is 9.05 Å². The summed E-state index contributed by atoms with van der Waals surface area (Å²) < 4.78 is 37.2. The van der Waals surface area contributed by atoms with Crippen LogP contribution in [0.2, 0.25) is 0 Å². The minimum atomic E-state index is -4.16. The van der Waals surface area contributed by atoms with Gasteiger partial charge in [0.05, 0.1) is 18.3 Å². The Kier molecular flexibility index (Phi) is 8.22. The first kappa shape index (κ1) is 28.6. The molecule has 1 aliphatic rings. The van der Waals surface area contributed by atoms with Gasteiger partial charge in [-0.1, -0.05) is 25.3 Å². The van der Waals surface area contributed by atoms with Gasteiger partial charge >= 0.3 is 7.82 Å². The van der Waals surface area contributed by atoms with Crippen molar-refractivity contribution in [1.82, 2.24) is 29.7 Å². The SMILES string of the molecule is CCCCOP(=O)(O)OCn1ncc2cc(C#Cc3ccnc(-c4ccnc(N5Cc6ccc(F)cc6C5)n4)n3)ccc21. The van der Waals surface area contributed by atoms with Crippen LogP contribution in [0, 0.1) is 17.7 Å². The van der Waals surface area contributed by atoms with E-state index in [0.29, 0.717) is 48.2 Å². The van der Waals surface area contributed by atoms with E-state index in [-0.39, 0.29) is 19.2 Å². The summed E-state index contributed by atoms with van der Waals surface area (Å²) in [6.45, 7) is 3.00. The molecule has 6 rings (SSSR count). The number of rotatable bonds is 9. The second-order valence-corrected chi connectivity index (χ2v) is 11.3. The third kappa shape index (κ3) is 6.77. The maximum atomic E-state index is 13.7. The van der Waals surface area contributed by atoms with Crippen molar-refractivity contribution in [3.8, 4) is 23.4 Å². The molecule has 1 aliphatic heterocycles. The maximum Gasteiger partial charge on any atom is 0.473 e. The van der Waals surface area contributed by atoms with Gasteiger partial charge in [0.15, 0.2) is 12.6 Å². The molecule has 0 amide bonds. The second kappa shape index (κ2) is 12.4. The standard InChI is InChI=1S/C30H27FN7O4P/c1-2-3-14-41-43(39,40)42-20-38-28-9-5-21(15-23(28)17-34-38)4-8-26-10-12-32-29(35-26)27-11-13-33-30(36-27)37-18-22-6-7-25(31)16-24(22)19-37/h5-7,9-13,15-17H,2-3,14,18-20H2,1H3,(H,39,40). The van der Waals surface area contributed by atoms with Crippen LogP contribution < -0.4 is 4.90 Å². The highest BCUT2D eigenvalue weighted by Gasteiger charge is 2.23. The van der Waals surface area contributed by atoms with Crippen molar-refractivity contribution in [2.24, 2.45) is 0 Å². The number of hydrogen-bond donors (Lipinski definition) is 1. The molecular formula is C30H27FN7O4P. The van der Waals surface area contributed by atoms with Gasteiger partial charge in [0.1, 0.15) is 17.2 Å². The number of fused-ring (bicyclic) bond motifs is 2. The van der Waals surface area contributed by atoms with Crippen LogP contribution in [0.1, 0.15) is 42.1 Å². The van der Waals surface area contributed by atoms with E-state index in [0.717, 1.165) is 28.5 Å². The Morgan fingerprint density at radius 3 is 2.74 bits per heavy atom. The molecule has 0 bridgehead atoms. The first-order valence-electron chi connectivity index (χ1n) is 13.6. The summed E-state index contributed by atoms with van der Waals surface area (Å²) in [7, 11) is -4.16. The van der Waals surface area contributed by atoms with Crippen molar-refractivity contribution >= 4 is 24.7 Å². The topological polar surface area (TPSA) is 128 Å². The van der Waals surface area contributed by atoms with E-state index >= 15 is 0 Å². The zero-order chi connectivity index (χ0) is 29.8. The molecule has 0 aliphatic carbocycles. The minimum absolute atomic E-state index is 0.150. The minimum Gasteiger partial charge on any atom is -0.332 e. The first-order valence-corrected chi connectivity index (χ1v) is 15.1. The quantitative estimate of drug-likeness (QED) is 0.137. The van der Waals surface area contributed by atoms with E-state index in [2.05, 4.69) is 36.9 Å². The lowest BCUT2D eigenvalue weighted by Gasteiger charge is -2.15. The van der Waals surface area contributed by atoms with Gasteiger partial charge < -0.3 is 9.79 Å². The molecule has 11 nitrogen and oxygen atoms in total. The molecule has 13 heteroatoms. The molecule has 0 radical (unpaired) electrons. The van der Waals surface area contributed by atoms with Gasteiger partial charge in [-0.3, -0.25) is 9.05 Å². The smallest absolute Gasteiger partial charge is 0.332 e. The normalized spacial score (nSPS) is 13.9. The second-order valence-electron chi connectivity index (χ2n) is 9.86. The molecule has 1 atom stereocenters. The van der Waals surface area contributed by atoms with E-state index in [9.17, 15) is 13.8 Å². The maximum absolute atomic E-state index is 13.7. The fraction of sp³-hybridized carbons (Fsp3) is 0.233. The summed E-state index contributed by atoms with van der Waals surface area (Å²) in [4.78, 5) is 29.9. The number of halogens is 1. The number of hydrogen-bond acceptors (Lipinski definition) is 9. The van der Waals surface area contributed by atoms with Crippen LogP contribution >= 0.6 is 7.82 Å². The van der Waals surface area contributed by atoms with Gasteiger partial charge in [0.2, 0.25) is 5.95 Å². The Labute approximate surface area is 247 Å². The largest absolute Gasteiger partial charge is 0.473 e. The number of nitrogens with zero attached hydrogens (tertiary/aromatic N) is 7. The Balaban J connectivity index is 1.14. The van der Waals surface area contributed by atoms with Crippen LogP contribution in [0.5, 0.6) is 0 Å². The summed E-state index contributed by atoms with van der Waals surface area (Å²) in [5.41, 5.74) is 4.48. The first-order chi connectivity index (χ1) is 20.9. The van der Waals surface area contributed by atoms with Crippen LogP contribution in [-0.4, -0.2) is 41.2 Å². The predicted octanol–water partition coefficient (Wildman–Crippen LogP) is 5.23. The Morgan fingerprint density at radius 1 is 1.00 bits per heavy atom. The van der Waals surface area contributed by atoms with Crippen molar-refractivity contribution < 1.29 is 22.9 Å². The summed E-state index contributed by atoms with van der Waals surface area (Å²) in [5.74, 6) is 6.85. The zero-order valence-corrected chi connectivity index (χ0v) is 24.1. The van der Waals surface area contributed by atoms with Crippen LogP contribution in [0.25, 0.3) is 22.4 Å². The monoisotopic (exact) mass is 599 g/mol. The predicted molar refractivity (Wildman–Crippen MR) is 157 cm³/mol. The number of aromatic nitrogens is 6. The fourth-order valence-electron chi connectivity index (χ4n) is 4.57. The van der Waals surface area contributed by atoms with Crippen LogP contribution in [0.3, 0.4) is 0 Å². The molecular weight excluding hydrogens is 572 g/mol. The molecule has 5 aromatic rings. The van der Waals surface area contributed by atoms with Gasteiger partial charge in [0.25, 0.3) is 0 Å². The molecule has 1 N–H and O–H groups in total. The molecule has 0 saturated carbocycles. The van der Waals surface area contributed by atoms with Crippen molar-refractivity contribution in [1.29, 1.82) is 0 Å². The summed E-state index contributed by atoms with van der Waals surface area (Å²) in [6.07, 6.45) is 6.42. The Morgan fingerprint density at radius 2 is 1.86 bits per heavy atom. The van der Waals surface area contributed by atoms with Crippen molar-refractivity contribution in [2.75, 3.05) is 11.5 Å². The molecule has 2 aromatic carbocycles. The van der Waals surface area contributed by atoms with E-state index in [1.807, 2.05) is 30.0 Å².